The third kappa shape index (κ3) is 3.92. The fourth-order valence-corrected chi connectivity index (χ4v) is 2.58. The molecular formula is C20H17N3O4. The van der Waals surface area contributed by atoms with Crippen molar-refractivity contribution < 1.29 is 19.5 Å². The predicted octanol–water partition coefficient (Wildman–Crippen LogP) is 2.79. The van der Waals surface area contributed by atoms with E-state index < -0.39 is 11.8 Å². The van der Waals surface area contributed by atoms with Crippen molar-refractivity contribution in [2.45, 2.75) is 13.8 Å². The smallest absolute Gasteiger partial charge is 0.283 e. The van der Waals surface area contributed by atoms with Gasteiger partial charge in [0.2, 0.25) is 5.91 Å². The molecule has 0 bridgehead atoms. The number of phenolic OH excluding ortho intramolecular Hbond substituents is 1. The molecule has 2 N–H and O–H groups in total. The first-order valence-electron chi connectivity index (χ1n) is 8.18. The third-order valence-electron chi connectivity index (χ3n) is 3.91. The molecule has 0 unspecified atom stereocenters. The Hall–Kier alpha value is -3.74. The van der Waals surface area contributed by atoms with Gasteiger partial charge < -0.3 is 10.4 Å². The summed E-state index contributed by atoms with van der Waals surface area (Å²) in [5, 5.41) is 16.9. The highest BCUT2D eigenvalue weighted by molar-refractivity contribution is 6.30. The molecule has 7 nitrogen and oxygen atoms in total. The van der Waals surface area contributed by atoms with E-state index in [2.05, 4.69) is 10.4 Å². The Bertz CT molecular complexity index is 973. The van der Waals surface area contributed by atoms with Crippen LogP contribution in [0.15, 0.2) is 59.2 Å². The summed E-state index contributed by atoms with van der Waals surface area (Å²) < 4.78 is 0. The first kappa shape index (κ1) is 18.1. The first-order valence-corrected chi connectivity index (χ1v) is 8.18. The minimum Gasteiger partial charge on any atom is -0.508 e. The number of rotatable bonds is 3. The van der Waals surface area contributed by atoms with E-state index >= 15 is 0 Å². The Morgan fingerprint density at radius 3 is 2.30 bits per heavy atom. The molecule has 0 aromatic heterocycles. The van der Waals surface area contributed by atoms with Crippen molar-refractivity contribution in [3.8, 4) is 5.75 Å². The van der Waals surface area contributed by atoms with Crippen LogP contribution in [-0.2, 0) is 9.59 Å². The SMILES string of the molecule is CC(=O)Nc1ccc(C(=O)N2N=C(C)/C(=C/c3ccc(O)cc3)C2=O)cc1. The number of amides is 3. The standard InChI is InChI=1S/C20H17N3O4/c1-12-18(11-14-3-9-17(25)10-4-14)20(27)23(22-12)19(26)15-5-7-16(8-6-15)21-13(2)24/h3-11,25H,1-2H3,(H,21,24)/b18-11-. The number of hydrogen-bond donors (Lipinski definition) is 2. The second kappa shape index (κ2) is 7.25. The molecule has 1 heterocycles. The fraction of sp³-hybridized carbons (Fsp3) is 0.100. The zero-order valence-corrected chi connectivity index (χ0v) is 14.8. The van der Waals surface area contributed by atoms with E-state index in [0.29, 0.717) is 22.5 Å². The Labute approximate surface area is 155 Å². The van der Waals surface area contributed by atoms with Gasteiger partial charge in [-0.3, -0.25) is 14.4 Å². The first-order chi connectivity index (χ1) is 12.8. The van der Waals surface area contributed by atoms with Crippen molar-refractivity contribution in [2.75, 3.05) is 5.32 Å². The number of nitrogens with one attached hydrogen (secondary N) is 1. The lowest BCUT2D eigenvalue weighted by molar-refractivity contribution is -0.123. The molecule has 136 valence electrons. The molecule has 3 rings (SSSR count). The van der Waals surface area contributed by atoms with Gasteiger partial charge in [-0.25, -0.2) is 0 Å². The van der Waals surface area contributed by atoms with Crippen LogP contribution >= 0.6 is 0 Å². The van der Waals surface area contributed by atoms with Gasteiger partial charge in [-0.05, 0) is 55.0 Å². The van der Waals surface area contributed by atoms with E-state index in [1.807, 2.05) is 0 Å². The molecule has 1 aliphatic heterocycles. The molecule has 2 aromatic rings. The number of hydrazone groups is 1. The summed E-state index contributed by atoms with van der Waals surface area (Å²) in [6, 6.07) is 12.6. The lowest BCUT2D eigenvalue weighted by Crippen LogP contribution is -2.29. The van der Waals surface area contributed by atoms with Crippen LogP contribution in [-0.4, -0.2) is 33.5 Å². The van der Waals surface area contributed by atoms with Gasteiger partial charge in [0, 0.05) is 18.2 Å². The predicted molar refractivity (Wildman–Crippen MR) is 101 cm³/mol. The van der Waals surface area contributed by atoms with Crippen LogP contribution in [0.2, 0.25) is 0 Å². The summed E-state index contributed by atoms with van der Waals surface area (Å²) in [4.78, 5) is 36.3. The summed E-state index contributed by atoms with van der Waals surface area (Å²) in [6.45, 7) is 3.04. The van der Waals surface area contributed by atoms with Crippen molar-refractivity contribution in [3.63, 3.8) is 0 Å². The molecule has 0 saturated carbocycles. The molecule has 0 radical (unpaired) electrons. The molecular weight excluding hydrogens is 346 g/mol. The van der Waals surface area contributed by atoms with Gasteiger partial charge >= 0.3 is 0 Å². The molecule has 0 atom stereocenters. The highest BCUT2D eigenvalue weighted by Gasteiger charge is 2.32. The fourth-order valence-electron chi connectivity index (χ4n) is 2.58. The molecule has 27 heavy (non-hydrogen) atoms. The lowest BCUT2D eigenvalue weighted by Gasteiger charge is -2.10. The van der Waals surface area contributed by atoms with Crippen LogP contribution in [0.4, 0.5) is 5.69 Å². The van der Waals surface area contributed by atoms with Crippen molar-refractivity contribution in [2.24, 2.45) is 5.10 Å². The average Bonchev–Trinajstić information content (AvgIpc) is 2.91. The quantitative estimate of drug-likeness (QED) is 0.647. The van der Waals surface area contributed by atoms with Gasteiger partial charge in [0.05, 0.1) is 11.3 Å². The van der Waals surface area contributed by atoms with E-state index in [9.17, 15) is 19.5 Å². The largest absolute Gasteiger partial charge is 0.508 e. The number of carbonyl (C=O) groups is 3. The number of hydrogen-bond acceptors (Lipinski definition) is 5. The second-order valence-electron chi connectivity index (χ2n) is 6.02. The van der Waals surface area contributed by atoms with Crippen LogP contribution in [0.1, 0.15) is 29.8 Å². The summed E-state index contributed by atoms with van der Waals surface area (Å²) in [5.74, 6) is -1.16. The Balaban J connectivity index is 1.81. The van der Waals surface area contributed by atoms with Gasteiger partial charge in [0.15, 0.2) is 0 Å². The highest BCUT2D eigenvalue weighted by Crippen LogP contribution is 2.22. The molecule has 0 aliphatic carbocycles. The van der Waals surface area contributed by atoms with Crippen molar-refractivity contribution in [1.29, 1.82) is 0 Å². The molecule has 0 fully saturated rings. The van der Waals surface area contributed by atoms with E-state index in [0.717, 1.165) is 5.01 Å². The van der Waals surface area contributed by atoms with E-state index in [-0.39, 0.29) is 17.2 Å². The van der Waals surface area contributed by atoms with Gasteiger partial charge in [-0.15, -0.1) is 0 Å². The molecule has 2 aromatic carbocycles. The topological polar surface area (TPSA) is 99.1 Å². The van der Waals surface area contributed by atoms with Gasteiger partial charge in [-0.1, -0.05) is 12.1 Å². The second-order valence-corrected chi connectivity index (χ2v) is 6.02. The van der Waals surface area contributed by atoms with Gasteiger partial charge in [0.25, 0.3) is 11.8 Å². The van der Waals surface area contributed by atoms with Gasteiger partial charge in [0.1, 0.15) is 5.75 Å². The maximum Gasteiger partial charge on any atom is 0.283 e. The summed E-state index contributed by atoms with van der Waals surface area (Å²) in [5.41, 5.74) is 2.28. The molecule has 0 spiro atoms. The number of benzene rings is 2. The Morgan fingerprint density at radius 1 is 1.07 bits per heavy atom. The normalized spacial score (nSPS) is 15.0. The molecule has 1 aliphatic rings. The monoisotopic (exact) mass is 363 g/mol. The summed E-state index contributed by atoms with van der Waals surface area (Å²) >= 11 is 0. The van der Waals surface area contributed by atoms with Gasteiger partial charge in [-0.2, -0.15) is 10.1 Å². The Kier molecular flexibility index (Phi) is 4.85. The minimum atomic E-state index is -0.553. The maximum absolute atomic E-state index is 12.6. The number of anilines is 1. The van der Waals surface area contributed by atoms with E-state index in [1.165, 1.54) is 31.2 Å². The number of carbonyl (C=O) groups excluding carboxylic acids is 3. The minimum absolute atomic E-state index is 0.125. The third-order valence-corrected chi connectivity index (χ3v) is 3.91. The van der Waals surface area contributed by atoms with Crippen LogP contribution in [0, 0.1) is 0 Å². The van der Waals surface area contributed by atoms with Crippen molar-refractivity contribution in [3.05, 3.63) is 65.2 Å². The van der Waals surface area contributed by atoms with Crippen LogP contribution < -0.4 is 5.32 Å². The van der Waals surface area contributed by atoms with Crippen LogP contribution in [0.25, 0.3) is 6.08 Å². The molecule has 7 heteroatoms. The zero-order valence-electron chi connectivity index (χ0n) is 14.8. The summed E-state index contributed by atoms with van der Waals surface area (Å²) in [6.07, 6.45) is 1.62. The molecule has 3 amide bonds. The van der Waals surface area contributed by atoms with Crippen LogP contribution in [0.5, 0.6) is 5.75 Å². The van der Waals surface area contributed by atoms with Crippen molar-refractivity contribution >= 4 is 35.2 Å². The Morgan fingerprint density at radius 2 is 1.70 bits per heavy atom. The number of phenols is 1. The lowest BCUT2D eigenvalue weighted by atomic mass is 10.1. The molecule has 0 saturated heterocycles. The highest BCUT2D eigenvalue weighted by atomic mass is 16.3. The number of aromatic hydroxyl groups is 1. The van der Waals surface area contributed by atoms with E-state index in [1.54, 1.807) is 37.3 Å². The number of nitrogens with zero attached hydrogens (tertiary/aromatic N) is 2. The van der Waals surface area contributed by atoms with Crippen LogP contribution in [0.3, 0.4) is 0 Å². The number of imide groups is 1. The van der Waals surface area contributed by atoms with E-state index in [4.69, 9.17) is 0 Å². The maximum atomic E-state index is 12.6. The zero-order chi connectivity index (χ0) is 19.6. The van der Waals surface area contributed by atoms with Crippen molar-refractivity contribution in [1.82, 2.24) is 5.01 Å². The summed E-state index contributed by atoms with van der Waals surface area (Å²) in [7, 11) is 0. The average molecular weight is 363 g/mol.